The molecule has 1 N–H and O–H groups in total. The average molecular weight is 462 g/mol. The number of nitrogens with one attached hydrogen (secondary N) is 1. The molecule has 0 bridgehead atoms. The van der Waals surface area contributed by atoms with Gasteiger partial charge in [0.15, 0.2) is 0 Å². The van der Waals surface area contributed by atoms with Gasteiger partial charge in [0.2, 0.25) is 16.0 Å². The Morgan fingerprint density at radius 1 is 1.03 bits per heavy atom. The highest BCUT2D eigenvalue weighted by Gasteiger charge is 2.33. The van der Waals surface area contributed by atoms with Crippen molar-refractivity contribution in [1.29, 1.82) is 0 Å². The van der Waals surface area contributed by atoms with Gasteiger partial charge in [0.05, 0.1) is 11.4 Å². The molecule has 2 aromatic heterocycles. The van der Waals surface area contributed by atoms with Crippen molar-refractivity contribution < 1.29 is 8.42 Å². The van der Waals surface area contributed by atoms with Crippen LogP contribution < -0.4 is 10.2 Å². The monoisotopic (exact) mass is 461 g/mol. The predicted molar refractivity (Wildman–Crippen MR) is 126 cm³/mol. The van der Waals surface area contributed by atoms with Crippen molar-refractivity contribution >= 4 is 21.8 Å². The summed E-state index contributed by atoms with van der Waals surface area (Å²) in [5.41, 5.74) is 2.19. The first-order valence-electron chi connectivity index (χ1n) is 11.7. The van der Waals surface area contributed by atoms with E-state index in [4.69, 9.17) is 4.98 Å². The molecule has 9 nitrogen and oxygen atoms in total. The fraction of sp³-hybridized carbons (Fsp3) is 0.682. The molecule has 0 spiro atoms. The number of hydrogen-bond acceptors (Lipinski definition) is 7. The lowest BCUT2D eigenvalue weighted by atomic mass is 9.96. The summed E-state index contributed by atoms with van der Waals surface area (Å²) in [7, 11) is -3.58. The van der Waals surface area contributed by atoms with Crippen LogP contribution in [0.15, 0.2) is 11.0 Å². The molecule has 1 saturated carbocycles. The number of sulfonamides is 1. The Bertz CT molecular complexity index is 1050. The fourth-order valence-corrected chi connectivity index (χ4v) is 6.65. The normalized spacial score (nSPS) is 18.8. The summed E-state index contributed by atoms with van der Waals surface area (Å²) in [5, 5.41) is 7.91. The van der Waals surface area contributed by atoms with Gasteiger partial charge in [0, 0.05) is 50.5 Å². The molecule has 1 aliphatic carbocycles. The largest absolute Gasteiger partial charge is 0.354 e. The van der Waals surface area contributed by atoms with Crippen LogP contribution in [-0.4, -0.2) is 64.7 Å². The number of rotatable bonds is 6. The molecular formula is C22H35N7O2S. The zero-order valence-corrected chi connectivity index (χ0v) is 20.5. The third kappa shape index (κ3) is 4.61. The van der Waals surface area contributed by atoms with Crippen molar-refractivity contribution in [2.75, 3.05) is 36.4 Å². The highest BCUT2D eigenvalue weighted by Crippen LogP contribution is 2.26. The van der Waals surface area contributed by atoms with Gasteiger partial charge in [0.25, 0.3) is 0 Å². The van der Waals surface area contributed by atoms with E-state index in [0.29, 0.717) is 61.0 Å². The molecule has 1 saturated heterocycles. The van der Waals surface area contributed by atoms with Gasteiger partial charge in [-0.25, -0.2) is 13.4 Å². The molecule has 0 radical (unpaired) electrons. The number of hydrogen-bond donors (Lipinski definition) is 1. The fourth-order valence-electron chi connectivity index (χ4n) is 4.86. The maximum Gasteiger partial charge on any atom is 0.246 e. The Balaban J connectivity index is 1.46. The number of piperazine rings is 1. The van der Waals surface area contributed by atoms with Crippen LogP contribution in [0.25, 0.3) is 0 Å². The number of aryl methyl sites for hydroxylation is 3. The molecule has 1 aliphatic heterocycles. The Labute approximate surface area is 191 Å². The van der Waals surface area contributed by atoms with E-state index in [0.717, 1.165) is 24.4 Å². The van der Waals surface area contributed by atoms with E-state index in [1.165, 1.54) is 19.3 Å². The number of nitrogens with zero attached hydrogens (tertiary/aromatic N) is 6. The highest BCUT2D eigenvalue weighted by molar-refractivity contribution is 7.89. The molecule has 4 rings (SSSR count). The Morgan fingerprint density at radius 3 is 2.34 bits per heavy atom. The molecule has 32 heavy (non-hydrogen) atoms. The van der Waals surface area contributed by atoms with Crippen molar-refractivity contribution in [3.8, 4) is 0 Å². The molecule has 10 heteroatoms. The smallest absolute Gasteiger partial charge is 0.246 e. The van der Waals surface area contributed by atoms with Crippen LogP contribution >= 0.6 is 0 Å². The molecule has 2 aromatic rings. The first kappa shape index (κ1) is 23.0. The van der Waals surface area contributed by atoms with E-state index in [1.54, 1.807) is 15.9 Å². The summed E-state index contributed by atoms with van der Waals surface area (Å²) >= 11 is 0. The maximum atomic E-state index is 13.3. The minimum absolute atomic E-state index is 0.352. The third-order valence-corrected chi connectivity index (χ3v) is 8.71. The zero-order valence-electron chi connectivity index (χ0n) is 19.6. The molecular weight excluding hydrogens is 426 g/mol. The van der Waals surface area contributed by atoms with Gasteiger partial charge < -0.3 is 10.2 Å². The molecule has 2 fully saturated rings. The maximum absolute atomic E-state index is 13.3. The summed E-state index contributed by atoms with van der Waals surface area (Å²) < 4.78 is 30.0. The van der Waals surface area contributed by atoms with Crippen LogP contribution in [0.1, 0.15) is 56.1 Å². The van der Waals surface area contributed by atoms with Crippen LogP contribution in [0.5, 0.6) is 0 Å². The topological polar surface area (TPSA) is 96.3 Å². The van der Waals surface area contributed by atoms with Gasteiger partial charge in [-0.1, -0.05) is 19.3 Å². The molecule has 176 valence electrons. The molecule has 0 unspecified atom stereocenters. The van der Waals surface area contributed by atoms with E-state index in [9.17, 15) is 8.42 Å². The van der Waals surface area contributed by atoms with E-state index in [2.05, 4.69) is 20.3 Å². The quantitative estimate of drug-likeness (QED) is 0.706. The first-order valence-corrected chi connectivity index (χ1v) is 13.1. The van der Waals surface area contributed by atoms with E-state index in [1.807, 2.05) is 26.8 Å². The molecule has 0 atom stereocenters. The standard InChI is InChI=1S/C22H35N7O2S/c1-5-29-18(4)21(17(3)26-29)32(30,31)28-13-11-27(12-14-28)20-15-16(2)23-22(25-20)24-19-9-7-6-8-10-19/h15,19H,5-14H2,1-4H3,(H,23,24,25). The van der Waals surface area contributed by atoms with E-state index < -0.39 is 10.0 Å². The summed E-state index contributed by atoms with van der Waals surface area (Å²) in [5.74, 6) is 1.54. The molecule has 2 aliphatic rings. The first-order chi connectivity index (χ1) is 15.3. The number of anilines is 2. The summed E-state index contributed by atoms with van der Waals surface area (Å²) in [6, 6.07) is 2.42. The van der Waals surface area contributed by atoms with E-state index >= 15 is 0 Å². The SMILES string of the molecule is CCn1nc(C)c(S(=O)(=O)N2CCN(c3cc(C)nc(NC4CCCCC4)n3)CC2)c1C. The Kier molecular flexibility index (Phi) is 6.71. The Hall–Kier alpha value is -2.20. The molecule has 0 amide bonds. The molecule has 3 heterocycles. The highest BCUT2D eigenvalue weighted by atomic mass is 32.2. The minimum Gasteiger partial charge on any atom is -0.354 e. The van der Waals surface area contributed by atoms with Crippen LogP contribution in [0, 0.1) is 20.8 Å². The minimum atomic E-state index is -3.58. The van der Waals surface area contributed by atoms with Crippen LogP contribution in [0.2, 0.25) is 0 Å². The second-order valence-corrected chi connectivity index (χ2v) is 10.8. The van der Waals surface area contributed by atoms with Crippen molar-refractivity contribution in [3.63, 3.8) is 0 Å². The van der Waals surface area contributed by atoms with Crippen molar-refractivity contribution in [3.05, 3.63) is 23.1 Å². The lowest BCUT2D eigenvalue weighted by molar-refractivity contribution is 0.383. The number of aromatic nitrogens is 4. The van der Waals surface area contributed by atoms with Crippen molar-refractivity contribution in [1.82, 2.24) is 24.1 Å². The predicted octanol–water partition coefficient (Wildman–Crippen LogP) is 2.87. The van der Waals surface area contributed by atoms with Gasteiger partial charge in [-0.3, -0.25) is 4.68 Å². The van der Waals surface area contributed by atoms with Crippen LogP contribution in [-0.2, 0) is 16.6 Å². The van der Waals surface area contributed by atoms with Gasteiger partial charge in [-0.2, -0.15) is 14.4 Å². The van der Waals surface area contributed by atoms with Gasteiger partial charge >= 0.3 is 0 Å². The Morgan fingerprint density at radius 2 is 1.72 bits per heavy atom. The summed E-state index contributed by atoms with van der Waals surface area (Å²) in [4.78, 5) is 11.8. The zero-order chi connectivity index (χ0) is 22.9. The summed E-state index contributed by atoms with van der Waals surface area (Å²) in [6.07, 6.45) is 6.14. The summed E-state index contributed by atoms with van der Waals surface area (Å²) in [6.45, 7) is 10.2. The van der Waals surface area contributed by atoms with Gasteiger partial charge in [-0.15, -0.1) is 0 Å². The van der Waals surface area contributed by atoms with Crippen LogP contribution in [0.4, 0.5) is 11.8 Å². The van der Waals surface area contributed by atoms with Crippen molar-refractivity contribution in [2.24, 2.45) is 0 Å². The van der Waals surface area contributed by atoms with Gasteiger partial charge in [-0.05, 0) is 40.5 Å². The second kappa shape index (κ2) is 9.35. The van der Waals surface area contributed by atoms with E-state index in [-0.39, 0.29) is 0 Å². The third-order valence-electron chi connectivity index (χ3n) is 6.55. The van der Waals surface area contributed by atoms with Crippen molar-refractivity contribution in [2.45, 2.75) is 77.3 Å². The van der Waals surface area contributed by atoms with Crippen LogP contribution in [0.3, 0.4) is 0 Å². The second-order valence-electron chi connectivity index (χ2n) is 8.88. The van der Waals surface area contributed by atoms with Gasteiger partial charge in [0.1, 0.15) is 10.7 Å². The lowest BCUT2D eigenvalue weighted by Gasteiger charge is -2.35. The molecule has 0 aromatic carbocycles. The lowest BCUT2D eigenvalue weighted by Crippen LogP contribution is -2.49. The average Bonchev–Trinajstić information content (AvgIpc) is 3.08.